The second-order valence-electron chi connectivity index (χ2n) is 4.70. The molecule has 8 heteroatoms. The number of thioether (sulfide) groups is 1. The third kappa shape index (κ3) is 3.21. The summed E-state index contributed by atoms with van der Waals surface area (Å²) >= 11 is 2.73. The van der Waals surface area contributed by atoms with Gasteiger partial charge in [0.15, 0.2) is 0 Å². The van der Waals surface area contributed by atoms with Crippen LogP contribution in [-0.2, 0) is 11.2 Å². The number of carbonyl (C=O) groups is 2. The predicted molar refractivity (Wildman–Crippen MR) is 84.5 cm³/mol. The van der Waals surface area contributed by atoms with Gasteiger partial charge in [-0.25, -0.2) is 0 Å². The number of likely N-dealkylation sites (N-methyl/N-ethyl adjacent to an activating group) is 1. The standard InChI is InChI=1S/C13H20N4O2S2/c1-4-9-11(21-15-14-9)13(19)17-8-20-7-10(17)12(18)16(5-2)6-3/h10H,4-8H2,1-3H3/t10-/m1/s1. The maximum Gasteiger partial charge on any atom is 0.268 e. The number of hydrogen-bond acceptors (Lipinski definition) is 6. The number of rotatable bonds is 5. The van der Waals surface area contributed by atoms with Crippen molar-refractivity contribution in [3.63, 3.8) is 0 Å². The molecule has 1 atom stereocenters. The number of nitrogens with zero attached hydrogens (tertiary/aromatic N) is 4. The van der Waals surface area contributed by atoms with E-state index in [1.54, 1.807) is 21.6 Å². The largest absolute Gasteiger partial charge is 0.341 e. The van der Waals surface area contributed by atoms with E-state index in [0.717, 1.165) is 17.2 Å². The first kappa shape index (κ1) is 16.2. The summed E-state index contributed by atoms with van der Waals surface area (Å²) in [7, 11) is 0. The van der Waals surface area contributed by atoms with Crippen molar-refractivity contribution < 1.29 is 9.59 Å². The molecule has 2 rings (SSSR count). The van der Waals surface area contributed by atoms with Gasteiger partial charge in [-0.1, -0.05) is 11.4 Å². The summed E-state index contributed by atoms with van der Waals surface area (Å²) in [4.78, 5) is 29.2. The SMILES string of the molecule is CCc1nnsc1C(=O)N1CSC[C@@H]1C(=O)N(CC)CC. The Labute approximate surface area is 133 Å². The first-order chi connectivity index (χ1) is 10.1. The minimum atomic E-state index is -0.366. The first-order valence-electron chi connectivity index (χ1n) is 7.12. The van der Waals surface area contributed by atoms with E-state index in [4.69, 9.17) is 0 Å². The van der Waals surface area contributed by atoms with Crippen LogP contribution in [0.1, 0.15) is 36.1 Å². The summed E-state index contributed by atoms with van der Waals surface area (Å²) in [5.41, 5.74) is 0.718. The lowest BCUT2D eigenvalue weighted by molar-refractivity contribution is -0.134. The molecule has 1 aliphatic rings. The van der Waals surface area contributed by atoms with Crippen LogP contribution >= 0.6 is 23.3 Å². The van der Waals surface area contributed by atoms with Crippen molar-refractivity contribution >= 4 is 35.1 Å². The minimum absolute atomic E-state index is 0.0360. The molecule has 1 saturated heterocycles. The van der Waals surface area contributed by atoms with Gasteiger partial charge in [0, 0.05) is 18.8 Å². The minimum Gasteiger partial charge on any atom is -0.341 e. The van der Waals surface area contributed by atoms with E-state index in [0.29, 0.717) is 36.0 Å². The Morgan fingerprint density at radius 2 is 2.05 bits per heavy atom. The highest BCUT2D eigenvalue weighted by Gasteiger charge is 2.38. The monoisotopic (exact) mass is 328 g/mol. The van der Waals surface area contributed by atoms with Crippen molar-refractivity contribution in [1.82, 2.24) is 19.4 Å². The van der Waals surface area contributed by atoms with Gasteiger partial charge in [-0.2, -0.15) is 0 Å². The molecule has 0 N–H and O–H groups in total. The van der Waals surface area contributed by atoms with Gasteiger partial charge in [0.2, 0.25) is 5.91 Å². The fourth-order valence-electron chi connectivity index (χ4n) is 2.33. The van der Waals surface area contributed by atoms with E-state index >= 15 is 0 Å². The number of amides is 2. The van der Waals surface area contributed by atoms with Crippen molar-refractivity contribution in [3.05, 3.63) is 10.6 Å². The van der Waals surface area contributed by atoms with Crippen LogP contribution in [0.2, 0.25) is 0 Å². The van der Waals surface area contributed by atoms with Crippen molar-refractivity contribution in [2.45, 2.75) is 33.2 Å². The average molecular weight is 328 g/mol. The number of hydrogen-bond donors (Lipinski definition) is 0. The van der Waals surface area contributed by atoms with Crippen LogP contribution in [0.15, 0.2) is 0 Å². The Morgan fingerprint density at radius 1 is 1.33 bits per heavy atom. The van der Waals surface area contributed by atoms with Crippen LogP contribution in [0.4, 0.5) is 0 Å². The van der Waals surface area contributed by atoms with Crippen LogP contribution in [0, 0.1) is 0 Å². The highest BCUT2D eigenvalue weighted by Crippen LogP contribution is 2.26. The fraction of sp³-hybridized carbons (Fsp3) is 0.692. The Kier molecular flexibility index (Phi) is 5.58. The van der Waals surface area contributed by atoms with Crippen LogP contribution in [0.25, 0.3) is 0 Å². The Bertz CT molecular complexity index is 516. The molecule has 0 spiro atoms. The molecule has 21 heavy (non-hydrogen) atoms. The lowest BCUT2D eigenvalue weighted by Crippen LogP contribution is -2.48. The lowest BCUT2D eigenvalue weighted by atomic mass is 10.2. The van der Waals surface area contributed by atoms with Gasteiger partial charge in [-0.3, -0.25) is 9.59 Å². The zero-order valence-corrected chi connectivity index (χ0v) is 14.2. The summed E-state index contributed by atoms with van der Waals surface area (Å²) in [5.74, 6) is 1.14. The molecule has 0 bridgehead atoms. The molecular weight excluding hydrogens is 308 g/mol. The normalized spacial score (nSPS) is 18.0. The van der Waals surface area contributed by atoms with Crippen molar-refractivity contribution in [1.29, 1.82) is 0 Å². The highest BCUT2D eigenvalue weighted by atomic mass is 32.2. The van der Waals surface area contributed by atoms with Crippen LogP contribution in [0.5, 0.6) is 0 Å². The lowest BCUT2D eigenvalue weighted by Gasteiger charge is -2.28. The number of aryl methyl sites for hydroxylation is 1. The molecule has 2 heterocycles. The molecule has 6 nitrogen and oxygen atoms in total. The predicted octanol–water partition coefficient (Wildman–Crippen LogP) is 1.48. The zero-order chi connectivity index (χ0) is 15.4. The van der Waals surface area contributed by atoms with E-state index in [1.807, 2.05) is 20.8 Å². The zero-order valence-electron chi connectivity index (χ0n) is 12.5. The molecule has 0 aliphatic carbocycles. The van der Waals surface area contributed by atoms with E-state index in [1.165, 1.54) is 0 Å². The molecule has 0 radical (unpaired) electrons. The number of aromatic nitrogens is 2. The maximum atomic E-state index is 12.7. The van der Waals surface area contributed by atoms with E-state index in [-0.39, 0.29) is 17.9 Å². The van der Waals surface area contributed by atoms with Gasteiger partial charge < -0.3 is 9.80 Å². The summed E-state index contributed by atoms with van der Waals surface area (Å²) < 4.78 is 3.86. The topological polar surface area (TPSA) is 66.4 Å². The van der Waals surface area contributed by atoms with Crippen LogP contribution < -0.4 is 0 Å². The molecule has 1 aromatic rings. The Balaban J connectivity index is 2.18. The van der Waals surface area contributed by atoms with Gasteiger partial charge in [-0.15, -0.1) is 16.9 Å². The first-order valence-corrected chi connectivity index (χ1v) is 9.05. The summed E-state index contributed by atoms with van der Waals surface area (Å²) in [6.07, 6.45) is 0.674. The van der Waals surface area contributed by atoms with Crippen molar-refractivity contribution in [3.8, 4) is 0 Å². The van der Waals surface area contributed by atoms with Gasteiger partial charge in [0.05, 0.1) is 11.6 Å². The van der Waals surface area contributed by atoms with Crippen LogP contribution in [-0.4, -0.2) is 62.0 Å². The quantitative estimate of drug-likeness (QED) is 0.819. The fourth-order valence-corrected chi connectivity index (χ4v) is 4.18. The molecular formula is C13H20N4O2S2. The van der Waals surface area contributed by atoms with Crippen molar-refractivity contribution in [2.75, 3.05) is 24.7 Å². The van der Waals surface area contributed by atoms with Gasteiger partial charge in [0.25, 0.3) is 5.91 Å². The van der Waals surface area contributed by atoms with E-state index in [2.05, 4.69) is 9.59 Å². The molecule has 0 saturated carbocycles. The molecule has 2 amide bonds. The molecule has 1 aromatic heterocycles. The average Bonchev–Trinajstić information content (AvgIpc) is 3.16. The molecule has 1 fully saturated rings. The van der Waals surface area contributed by atoms with Gasteiger partial charge in [-0.05, 0) is 31.8 Å². The molecule has 116 valence electrons. The molecule has 1 aliphatic heterocycles. The van der Waals surface area contributed by atoms with E-state index in [9.17, 15) is 9.59 Å². The molecule has 0 aromatic carbocycles. The van der Waals surface area contributed by atoms with Crippen molar-refractivity contribution in [2.24, 2.45) is 0 Å². The Hall–Kier alpha value is -1.15. The van der Waals surface area contributed by atoms with Crippen LogP contribution in [0.3, 0.4) is 0 Å². The Morgan fingerprint density at radius 3 is 2.67 bits per heavy atom. The summed E-state index contributed by atoms with van der Waals surface area (Å²) in [6.45, 7) is 7.20. The van der Waals surface area contributed by atoms with Gasteiger partial charge >= 0.3 is 0 Å². The highest BCUT2D eigenvalue weighted by molar-refractivity contribution is 7.99. The second-order valence-corrected chi connectivity index (χ2v) is 6.46. The smallest absolute Gasteiger partial charge is 0.268 e. The second kappa shape index (κ2) is 7.22. The number of carbonyl (C=O) groups excluding carboxylic acids is 2. The van der Waals surface area contributed by atoms with E-state index < -0.39 is 0 Å². The third-order valence-corrected chi connectivity index (χ3v) is 5.36. The summed E-state index contributed by atoms with van der Waals surface area (Å²) in [6, 6.07) is -0.366. The van der Waals surface area contributed by atoms with Gasteiger partial charge in [0.1, 0.15) is 10.9 Å². The third-order valence-electron chi connectivity index (χ3n) is 3.59. The summed E-state index contributed by atoms with van der Waals surface area (Å²) in [5, 5.41) is 3.98. The maximum absolute atomic E-state index is 12.7. The molecule has 0 unspecified atom stereocenters.